The zero-order valence-corrected chi connectivity index (χ0v) is 15.0. The molecule has 1 fully saturated rings. The molecule has 0 saturated carbocycles. The number of nitro groups is 1. The van der Waals surface area contributed by atoms with Gasteiger partial charge in [-0.15, -0.1) is 0 Å². The van der Waals surface area contributed by atoms with Crippen LogP contribution in [0.5, 0.6) is 0 Å². The number of hydrogen-bond donors (Lipinski definition) is 0. The van der Waals surface area contributed by atoms with Crippen LogP contribution in [0, 0.1) is 16.0 Å². The van der Waals surface area contributed by atoms with Gasteiger partial charge in [-0.05, 0) is 24.3 Å². The van der Waals surface area contributed by atoms with Crippen LogP contribution in [0.1, 0.15) is 15.9 Å². The normalized spacial score (nSPS) is 20.2. The van der Waals surface area contributed by atoms with Crippen molar-refractivity contribution < 1.29 is 28.9 Å². The molecule has 4 rings (SSSR count). The number of carbonyl (C=O) groups excluding carboxylic acids is 3. The topological polar surface area (TPSA) is 128 Å². The summed E-state index contributed by atoms with van der Waals surface area (Å²) in [6.45, 7) is 0. The third kappa shape index (κ3) is 2.81. The van der Waals surface area contributed by atoms with E-state index >= 15 is 0 Å². The van der Waals surface area contributed by atoms with Crippen LogP contribution in [-0.4, -0.2) is 41.6 Å². The van der Waals surface area contributed by atoms with Gasteiger partial charge < -0.3 is 9.57 Å². The van der Waals surface area contributed by atoms with Crippen molar-refractivity contribution in [3.05, 3.63) is 69.8 Å². The first-order valence-electron chi connectivity index (χ1n) is 8.47. The molecular weight excluding hydrogens is 382 g/mol. The third-order valence-corrected chi connectivity index (χ3v) is 4.74. The fourth-order valence-electron chi connectivity index (χ4n) is 3.36. The van der Waals surface area contributed by atoms with Gasteiger partial charge in [-0.1, -0.05) is 17.3 Å². The molecular formula is C19H13N3O7. The number of esters is 1. The van der Waals surface area contributed by atoms with E-state index in [1.807, 2.05) is 0 Å². The standard InChI is InChI=1S/C19H13N3O7/c1-28-19(25)12-4-2-3-5-13(12)21-17(23)14-15(20-29-16(14)18(21)24)10-6-8-11(9-7-10)22(26)27/h2-9,14,16H,1H3/t14-,16-/m0/s1. The molecule has 2 aliphatic rings. The van der Waals surface area contributed by atoms with Crippen molar-refractivity contribution in [3.8, 4) is 0 Å². The number of carbonyl (C=O) groups is 3. The van der Waals surface area contributed by atoms with Crippen molar-refractivity contribution >= 4 is 34.9 Å². The van der Waals surface area contributed by atoms with E-state index in [1.54, 1.807) is 12.1 Å². The molecule has 0 aromatic heterocycles. The highest BCUT2D eigenvalue weighted by molar-refractivity contribution is 6.33. The highest BCUT2D eigenvalue weighted by atomic mass is 16.7. The fourth-order valence-corrected chi connectivity index (χ4v) is 3.36. The number of para-hydroxylation sites is 1. The monoisotopic (exact) mass is 395 g/mol. The summed E-state index contributed by atoms with van der Waals surface area (Å²) in [6.07, 6.45) is -1.17. The van der Waals surface area contributed by atoms with Crippen LogP contribution in [-0.2, 0) is 19.2 Å². The number of imide groups is 1. The number of anilines is 1. The zero-order valence-electron chi connectivity index (χ0n) is 15.0. The number of fused-ring (bicyclic) bond motifs is 1. The second-order valence-corrected chi connectivity index (χ2v) is 6.30. The van der Waals surface area contributed by atoms with Crippen LogP contribution in [0.3, 0.4) is 0 Å². The molecule has 0 bridgehead atoms. The molecule has 10 nitrogen and oxygen atoms in total. The van der Waals surface area contributed by atoms with E-state index in [2.05, 4.69) is 5.16 Å². The SMILES string of the molecule is COC(=O)c1ccccc1N1C(=O)[C@H]2C(c3ccc([N+](=O)[O-])cc3)=NO[C@@H]2C1=O. The van der Waals surface area contributed by atoms with E-state index < -0.39 is 34.7 Å². The number of ether oxygens (including phenoxy) is 1. The minimum absolute atomic E-state index is 0.0606. The summed E-state index contributed by atoms with van der Waals surface area (Å²) < 4.78 is 4.72. The molecule has 0 spiro atoms. The maximum Gasteiger partial charge on any atom is 0.339 e. The highest BCUT2D eigenvalue weighted by Gasteiger charge is 2.56. The number of hydrogen-bond acceptors (Lipinski definition) is 8. The van der Waals surface area contributed by atoms with Crippen LogP contribution in [0.2, 0.25) is 0 Å². The minimum Gasteiger partial charge on any atom is -0.465 e. The number of oxime groups is 1. The zero-order chi connectivity index (χ0) is 20.7. The number of methoxy groups -OCH3 is 1. The van der Waals surface area contributed by atoms with Gasteiger partial charge in [0.25, 0.3) is 11.6 Å². The fraction of sp³-hybridized carbons (Fsp3) is 0.158. The Bertz CT molecular complexity index is 1080. The van der Waals surface area contributed by atoms with E-state index in [9.17, 15) is 24.5 Å². The number of amides is 2. The Hall–Kier alpha value is -4.08. The Balaban J connectivity index is 1.70. The molecule has 2 aromatic carbocycles. The lowest BCUT2D eigenvalue weighted by Crippen LogP contribution is -2.34. The lowest BCUT2D eigenvalue weighted by molar-refractivity contribution is -0.384. The van der Waals surface area contributed by atoms with Crippen molar-refractivity contribution in [2.45, 2.75) is 6.10 Å². The quantitative estimate of drug-likeness (QED) is 0.333. The Kier molecular flexibility index (Phi) is 4.30. The van der Waals surface area contributed by atoms with Crippen molar-refractivity contribution in [2.24, 2.45) is 11.1 Å². The third-order valence-electron chi connectivity index (χ3n) is 4.74. The summed E-state index contributed by atoms with van der Waals surface area (Å²) in [5.41, 5.74) is 0.654. The maximum atomic E-state index is 13.1. The van der Waals surface area contributed by atoms with Crippen molar-refractivity contribution in [1.82, 2.24) is 0 Å². The molecule has 2 atom stereocenters. The lowest BCUT2D eigenvalue weighted by Gasteiger charge is -2.18. The molecule has 0 aliphatic carbocycles. The number of rotatable bonds is 4. The maximum absolute atomic E-state index is 13.1. The number of benzene rings is 2. The van der Waals surface area contributed by atoms with Crippen LogP contribution < -0.4 is 4.90 Å². The molecule has 0 radical (unpaired) electrons. The van der Waals surface area contributed by atoms with Crippen LogP contribution >= 0.6 is 0 Å². The summed E-state index contributed by atoms with van der Waals surface area (Å²) in [6, 6.07) is 11.5. The average Bonchev–Trinajstić information content (AvgIpc) is 3.28. The van der Waals surface area contributed by atoms with E-state index in [1.165, 1.54) is 43.5 Å². The summed E-state index contributed by atoms with van der Waals surface area (Å²) in [5.74, 6) is -2.97. The molecule has 1 saturated heterocycles. The molecule has 29 heavy (non-hydrogen) atoms. The summed E-state index contributed by atoms with van der Waals surface area (Å²) in [4.78, 5) is 54.4. The highest BCUT2D eigenvalue weighted by Crippen LogP contribution is 2.36. The molecule has 2 aromatic rings. The van der Waals surface area contributed by atoms with Gasteiger partial charge in [-0.2, -0.15) is 0 Å². The Morgan fingerprint density at radius 3 is 2.48 bits per heavy atom. The van der Waals surface area contributed by atoms with Crippen LogP contribution in [0.4, 0.5) is 11.4 Å². The molecule has 146 valence electrons. The minimum atomic E-state index is -1.17. The molecule has 0 unspecified atom stereocenters. The van der Waals surface area contributed by atoms with Gasteiger partial charge in [0.05, 0.1) is 23.3 Å². The molecule has 2 heterocycles. The Labute approximate surface area is 163 Å². The van der Waals surface area contributed by atoms with Crippen LogP contribution in [0.25, 0.3) is 0 Å². The van der Waals surface area contributed by atoms with Gasteiger partial charge in [0.2, 0.25) is 12.0 Å². The van der Waals surface area contributed by atoms with E-state index in [-0.39, 0.29) is 22.6 Å². The first kappa shape index (κ1) is 18.3. The van der Waals surface area contributed by atoms with Crippen LogP contribution in [0.15, 0.2) is 53.7 Å². The van der Waals surface area contributed by atoms with E-state index in [0.29, 0.717) is 5.56 Å². The molecule has 10 heteroatoms. The summed E-state index contributed by atoms with van der Waals surface area (Å²) in [7, 11) is 1.20. The van der Waals surface area contributed by atoms with Gasteiger partial charge in [0.1, 0.15) is 11.6 Å². The van der Waals surface area contributed by atoms with E-state index in [0.717, 1.165) is 4.90 Å². The second kappa shape index (κ2) is 6.82. The summed E-state index contributed by atoms with van der Waals surface area (Å²) >= 11 is 0. The number of nitro benzene ring substituents is 1. The average molecular weight is 395 g/mol. The van der Waals surface area contributed by atoms with Gasteiger partial charge in [0, 0.05) is 17.7 Å². The first-order valence-corrected chi connectivity index (χ1v) is 8.47. The lowest BCUT2D eigenvalue weighted by atomic mass is 9.94. The summed E-state index contributed by atoms with van der Waals surface area (Å²) in [5, 5.41) is 14.7. The Morgan fingerprint density at radius 1 is 1.14 bits per heavy atom. The van der Waals surface area contributed by atoms with Gasteiger partial charge in [-0.3, -0.25) is 19.7 Å². The first-order chi connectivity index (χ1) is 13.9. The van der Waals surface area contributed by atoms with Crippen molar-refractivity contribution in [3.63, 3.8) is 0 Å². The smallest absolute Gasteiger partial charge is 0.339 e. The van der Waals surface area contributed by atoms with Crippen molar-refractivity contribution in [2.75, 3.05) is 12.0 Å². The van der Waals surface area contributed by atoms with Gasteiger partial charge >= 0.3 is 5.97 Å². The number of non-ortho nitro benzene ring substituents is 1. The predicted molar refractivity (Wildman–Crippen MR) is 98.3 cm³/mol. The molecule has 2 aliphatic heterocycles. The predicted octanol–water partition coefficient (Wildman–Crippen LogP) is 1.67. The van der Waals surface area contributed by atoms with Gasteiger partial charge in [-0.25, -0.2) is 9.69 Å². The Morgan fingerprint density at radius 2 is 1.83 bits per heavy atom. The second-order valence-electron chi connectivity index (χ2n) is 6.30. The van der Waals surface area contributed by atoms with E-state index in [4.69, 9.17) is 9.57 Å². The van der Waals surface area contributed by atoms with Gasteiger partial charge in [0.15, 0.2) is 0 Å². The molecule has 0 N–H and O–H groups in total. The van der Waals surface area contributed by atoms with Crippen molar-refractivity contribution in [1.29, 1.82) is 0 Å². The number of nitrogens with zero attached hydrogens (tertiary/aromatic N) is 3. The largest absolute Gasteiger partial charge is 0.465 e. The molecule has 2 amide bonds.